The molecule has 1 aromatic carbocycles. The van der Waals surface area contributed by atoms with Gasteiger partial charge in [-0.05, 0) is 18.6 Å². The molecule has 1 aliphatic heterocycles. The van der Waals surface area contributed by atoms with Crippen molar-refractivity contribution in [2.45, 2.75) is 25.2 Å². The second-order valence-electron chi connectivity index (χ2n) is 6.17. The Balaban J connectivity index is 1.82. The molecule has 2 atom stereocenters. The van der Waals surface area contributed by atoms with Crippen LogP contribution in [0.15, 0.2) is 24.3 Å². The van der Waals surface area contributed by atoms with E-state index in [0.717, 1.165) is 17.0 Å². The molecule has 0 saturated carbocycles. The van der Waals surface area contributed by atoms with Crippen LogP contribution in [0.5, 0.6) is 0 Å². The quantitative estimate of drug-likeness (QED) is 0.773. The fourth-order valence-electron chi connectivity index (χ4n) is 2.68. The van der Waals surface area contributed by atoms with Crippen molar-refractivity contribution in [3.63, 3.8) is 0 Å². The molecular weight excluding hydrogens is 345 g/mol. The van der Waals surface area contributed by atoms with Gasteiger partial charge in [-0.3, -0.25) is 4.79 Å². The Morgan fingerprint density at radius 1 is 1.29 bits per heavy atom. The van der Waals surface area contributed by atoms with Gasteiger partial charge in [0.15, 0.2) is 16.4 Å². The minimum Gasteiger partial charge on any atom is -0.347 e. The first kappa shape index (κ1) is 18.7. The maximum absolute atomic E-state index is 12.5. The van der Waals surface area contributed by atoms with Crippen LogP contribution < -0.4 is 10.2 Å². The van der Waals surface area contributed by atoms with Crippen LogP contribution in [-0.2, 0) is 27.4 Å². The number of hydrogen-bond acceptors (Lipinski definition) is 3. The van der Waals surface area contributed by atoms with Crippen LogP contribution in [0, 0.1) is 0 Å². The lowest BCUT2D eigenvalue weighted by Gasteiger charge is -2.16. The molecule has 0 radical (unpaired) electrons. The fourth-order valence-corrected chi connectivity index (χ4v) is 4.36. The average Bonchev–Trinajstić information content (AvgIpc) is 2.77. The Bertz CT molecular complexity index is 687. The second kappa shape index (κ2) is 7.10. The number of likely N-dealkylation sites (N-methyl/N-ethyl adjacent to an activating group) is 1. The minimum absolute atomic E-state index is 0.0311. The van der Waals surface area contributed by atoms with E-state index in [9.17, 15) is 26.4 Å². The fraction of sp³-hybridized carbons (Fsp3) is 0.533. The summed E-state index contributed by atoms with van der Waals surface area (Å²) in [6.45, 7) is 0.520. The Morgan fingerprint density at radius 2 is 1.92 bits per heavy atom. The molecular formula is C15H20F3N2O3S+. The monoisotopic (exact) mass is 365 g/mol. The van der Waals surface area contributed by atoms with Crippen LogP contribution in [0.25, 0.3) is 0 Å². The molecule has 1 aliphatic rings. The van der Waals surface area contributed by atoms with Crippen molar-refractivity contribution in [1.82, 2.24) is 5.32 Å². The largest absolute Gasteiger partial charge is 0.416 e. The van der Waals surface area contributed by atoms with Gasteiger partial charge in [-0.2, -0.15) is 13.2 Å². The number of carbonyl (C=O) groups is 1. The summed E-state index contributed by atoms with van der Waals surface area (Å²) in [7, 11) is -1.30. The topological polar surface area (TPSA) is 67.7 Å². The van der Waals surface area contributed by atoms with Crippen LogP contribution in [0.1, 0.15) is 17.5 Å². The Morgan fingerprint density at radius 3 is 2.42 bits per heavy atom. The van der Waals surface area contributed by atoms with Crippen molar-refractivity contribution in [3.05, 3.63) is 35.4 Å². The summed E-state index contributed by atoms with van der Waals surface area (Å²) in [5.41, 5.74) is -0.0131. The van der Waals surface area contributed by atoms with Crippen molar-refractivity contribution in [2.24, 2.45) is 0 Å². The smallest absolute Gasteiger partial charge is 0.347 e. The van der Waals surface area contributed by atoms with Crippen molar-refractivity contribution >= 4 is 15.7 Å². The highest BCUT2D eigenvalue weighted by atomic mass is 32.2. The Kier molecular flexibility index (Phi) is 5.54. The molecule has 1 amide bonds. The number of rotatable bonds is 5. The van der Waals surface area contributed by atoms with Crippen LogP contribution in [0.2, 0.25) is 0 Å². The molecule has 5 nitrogen and oxygen atoms in total. The lowest BCUT2D eigenvalue weighted by Crippen LogP contribution is -3.09. The lowest BCUT2D eigenvalue weighted by molar-refractivity contribution is -0.885. The Labute approximate surface area is 138 Å². The van der Waals surface area contributed by atoms with E-state index in [0.29, 0.717) is 18.5 Å². The molecule has 1 fully saturated rings. The first-order valence-corrected chi connectivity index (χ1v) is 9.34. The van der Waals surface area contributed by atoms with Gasteiger partial charge < -0.3 is 10.2 Å². The zero-order valence-electron chi connectivity index (χ0n) is 13.2. The van der Waals surface area contributed by atoms with Crippen LogP contribution in [0.4, 0.5) is 13.2 Å². The van der Waals surface area contributed by atoms with E-state index in [2.05, 4.69) is 5.32 Å². The molecule has 9 heteroatoms. The second-order valence-corrected chi connectivity index (χ2v) is 8.40. The van der Waals surface area contributed by atoms with Gasteiger partial charge in [0.2, 0.25) is 0 Å². The van der Waals surface area contributed by atoms with Gasteiger partial charge in [-0.1, -0.05) is 12.1 Å². The van der Waals surface area contributed by atoms with E-state index in [1.807, 2.05) is 0 Å². The number of hydrogen-bond donors (Lipinski definition) is 2. The molecule has 2 N–H and O–H groups in total. The van der Waals surface area contributed by atoms with Crippen molar-refractivity contribution in [2.75, 3.05) is 25.1 Å². The van der Waals surface area contributed by atoms with Gasteiger partial charge in [-0.25, -0.2) is 8.42 Å². The molecule has 24 heavy (non-hydrogen) atoms. The summed E-state index contributed by atoms with van der Waals surface area (Å²) in [4.78, 5) is 12.7. The SMILES string of the molecule is C[NH+](CC(=O)N[C@@H]1CCS(=O)(=O)C1)Cc1ccc(C(F)(F)F)cc1. The number of alkyl halides is 3. The molecule has 1 aromatic rings. The van der Waals surface area contributed by atoms with E-state index >= 15 is 0 Å². The van der Waals surface area contributed by atoms with Crippen LogP contribution >= 0.6 is 0 Å². The number of nitrogens with one attached hydrogen (secondary N) is 2. The maximum atomic E-state index is 12.5. The minimum atomic E-state index is -4.36. The van der Waals surface area contributed by atoms with Gasteiger partial charge in [-0.15, -0.1) is 0 Å². The van der Waals surface area contributed by atoms with E-state index in [1.54, 1.807) is 7.05 Å². The zero-order valence-corrected chi connectivity index (χ0v) is 14.0. The highest BCUT2D eigenvalue weighted by Crippen LogP contribution is 2.28. The van der Waals surface area contributed by atoms with E-state index in [-0.39, 0.29) is 30.0 Å². The van der Waals surface area contributed by atoms with Gasteiger partial charge in [0, 0.05) is 11.6 Å². The lowest BCUT2D eigenvalue weighted by atomic mass is 10.1. The van der Waals surface area contributed by atoms with E-state index in [1.165, 1.54) is 12.1 Å². The predicted molar refractivity (Wildman–Crippen MR) is 82.1 cm³/mol. The third-order valence-corrected chi connectivity index (χ3v) is 5.61. The molecule has 0 bridgehead atoms. The third kappa shape index (κ3) is 5.48. The standard InChI is InChI=1S/C15H19F3N2O3S/c1-20(8-11-2-4-12(5-3-11)15(16,17)18)9-14(21)19-13-6-7-24(22,23)10-13/h2-5,13H,6-10H2,1H3,(H,19,21)/p+1/t13-/m1/s1. The van der Waals surface area contributed by atoms with Crippen molar-refractivity contribution in [1.29, 1.82) is 0 Å². The van der Waals surface area contributed by atoms with Crippen LogP contribution in [-0.4, -0.2) is 45.5 Å². The van der Waals surface area contributed by atoms with E-state index < -0.39 is 21.6 Å². The maximum Gasteiger partial charge on any atom is 0.416 e. The third-order valence-electron chi connectivity index (χ3n) is 3.85. The number of quaternary nitrogens is 1. The number of benzene rings is 1. The normalized spacial score (nSPS) is 21.4. The summed E-state index contributed by atoms with van der Waals surface area (Å²) in [6.07, 6.45) is -3.94. The zero-order chi connectivity index (χ0) is 18.0. The number of halogens is 3. The Hall–Kier alpha value is -1.61. The number of amides is 1. The van der Waals surface area contributed by atoms with Gasteiger partial charge in [0.05, 0.1) is 24.1 Å². The number of sulfone groups is 1. The van der Waals surface area contributed by atoms with Crippen molar-refractivity contribution in [3.8, 4) is 0 Å². The number of carbonyl (C=O) groups excluding carboxylic acids is 1. The van der Waals surface area contributed by atoms with E-state index in [4.69, 9.17) is 0 Å². The van der Waals surface area contributed by atoms with Gasteiger partial charge in [0.1, 0.15) is 6.54 Å². The average molecular weight is 365 g/mol. The molecule has 0 aliphatic carbocycles. The molecule has 1 saturated heterocycles. The molecule has 1 unspecified atom stereocenters. The summed E-state index contributed by atoms with van der Waals surface area (Å²) < 4.78 is 60.2. The molecule has 0 spiro atoms. The summed E-state index contributed by atoms with van der Waals surface area (Å²) in [6, 6.07) is 4.49. The van der Waals surface area contributed by atoms with Gasteiger partial charge >= 0.3 is 6.18 Å². The molecule has 1 heterocycles. The summed E-state index contributed by atoms with van der Waals surface area (Å²) in [5, 5.41) is 2.69. The molecule has 0 aromatic heterocycles. The summed E-state index contributed by atoms with van der Waals surface area (Å²) in [5.74, 6) is -0.204. The first-order valence-electron chi connectivity index (χ1n) is 7.52. The molecule has 2 rings (SSSR count). The summed E-state index contributed by atoms with van der Waals surface area (Å²) >= 11 is 0. The highest BCUT2D eigenvalue weighted by molar-refractivity contribution is 7.91. The predicted octanol–water partition coefficient (Wildman–Crippen LogP) is 0.0234. The van der Waals surface area contributed by atoms with Crippen LogP contribution in [0.3, 0.4) is 0 Å². The molecule has 134 valence electrons. The van der Waals surface area contributed by atoms with Crippen molar-refractivity contribution < 1.29 is 31.3 Å². The highest BCUT2D eigenvalue weighted by Gasteiger charge is 2.30. The first-order chi connectivity index (χ1) is 11.0. The van der Waals surface area contributed by atoms with Gasteiger partial charge in [0.25, 0.3) is 5.91 Å².